The van der Waals surface area contributed by atoms with Gasteiger partial charge in [0.25, 0.3) is 0 Å². The Balaban J connectivity index is 1.83. The Bertz CT molecular complexity index is 452. The number of piperazine rings is 1. The van der Waals surface area contributed by atoms with Crippen molar-refractivity contribution in [2.75, 3.05) is 31.1 Å². The van der Waals surface area contributed by atoms with E-state index >= 15 is 0 Å². The van der Waals surface area contributed by atoms with Crippen LogP contribution in [0.25, 0.3) is 0 Å². The molecular weight excluding hydrogens is 260 g/mol. The lowest BCUT2D eigenvalue weighted by atomic mass is 9.98. The van der Waals surface area contributed by atoms with Gasteiger partial charge in [0.05, 0.1) is 17.3 Å². The molecule has 2 fully saturated rings. The van der Waals surface area contributed by atoms with E-state index in [1.165, 1.54) is 25.8 Å². The first-order valence-electron chi connectivity index (χ1n) is 7.17. The molecule has 3 nitrogen and oxygen atoms in total. The lowest BCUT2D eigenvalue weighted by molar-refractivity contribution is 0.133. The zero-order chi connectivity index (χ0) is 13.2. The highest BCUT2D eigenvalue weighted by Crippen LogP contribution is 2.33. The zero-order valence-corrected chi connectivity index (χ0v) is 11.9. The van der Waals surface area contributed by atoms with Gasteiger partial charge in [-0.05, 0) is 25.5 Å². The van der Waals surface area contributed by atoms with Crippen LogP contribution >= 0.6 is 11.6 Å². The molecule has 4 heteroatoms. The van der Waals surface area contributed by atoms with Gasteiger partial charge in [-0.2, -0.15) is 0 Å². The molecule has 0 amide bonds. The van der Waals surface area contributed by atoms with Crippen molar-refractivity contribution in [2.24, 2.45) is 0 Å². The van der Waals surface area contributed by atoms with E-state index in [9.17, 15) is 5.11 Å². The number of nitrogens with zero attached hydrogens (tertiary/aromatic N) is 2. The molecule has 2 heterocycles. The molecule has 1 N–H and O–H groups in total. The molecule has 1 atom stereocenters. The van der Waals surface area contributed by atoms with Crippen molar-refractivity contribution in [3.05, 3.63) is 28.8 Å². The van der Waals surface area contributed by atoms with Gasteiger partial charge in [-0.25, -0.2) is 0 Å². The average Bonchev–Trinajstić information content (AvgIpc) is 2.46. The van der Waals surface area contributed by atoms with Crippen LogP contribution in [0.4, 0.5) is 5.69 Å². The second-order valence-electron chi connectivity index (χ2n) is 5.54. The van der Waals surface area contributed by atoms with Gasteiger partial charge in [0, 0.05) is 31.2 Å². The third kappa shape index (κ3) is 2.60. The number of anilines is 1. The lowest BCUT2D eigenvalue weighted by Crippen LogP contribution is -2.55. The summed E-state index contributed by atoms with van der Waals surface area (Å²) in [6, 6.07) is 6.46. The summed E-state index contributed by atoms with van der Waals surface area (Å²) in [7, 11) is 0. The monoisotopic (exact) mass is 280 g/mol. The highest BCUT2D eigenvalue weighted by atomic mass is 35.5. The normalized spacial score (nSPS) is 24.3. The SMILES string of the molecule is OCc1cccc(Cl)c1N1CCN2CCCCC2C1. The first kappa shape index (κ1) is 13.2. The molecule has 3 rings (SSSR count). The van der Waals surface area contributed by atoms with Crippen LogP contribution in [-0.2, 0) is 6.61 Å². The maximum Gasteiger partial charge on any atom is 0.0702 e. The smallest absolute Gasteiger partial charge is 0.0702 e. The second-order valence-corrected chi connectivity index (χ2v) is 5.94. The van der Waals surface area contributed by atoms with Gasteiger partial charge in [0.2, 0.25) is 0 Å². The zero-order valence-electron chi connectivity index (χ0n) is 11.2. The number of rotatable bonds is 2. The van der Waals surface area contributed by atoms with Crippen LogP contribution in [-0.4, -0.2) is 42.2 Å². The molecule has 0 spiro atoms. The van der Waals surface area contributed by atoms with Crippen LogP contribution in [0, 0.1) is 0 Å². The highest BCUT2D eigenvalue weighted by molar-refractivity contribution is 6.33. The molecule has 2 saturated heterocycles. The van der Waals surface area contributed by atoms with E-state index in [1.807, 2.05) is 18.2 Å². The van der Waals surface area contributed by atoms with Crippen molar-refractivity contribution >= 4 is 17.3 Å². The predicted octanol–water partition coefficient (Wildman–Crippen LogP) is 2.51. The number of benzene rings is 1. The summed E-state index contributed by atoms with van der Waals surface area (Å²) in [5, 5.41) is 10.3. The van der Waals surface area contributed by atoms with E-state index in [-0.39, 0.29) is 6.61 Å². The molecule has 1 unspecified atom stereocenters. The maximum atomic E-state index is 9.51. The van der Waals surface area contributed by atoms with Crippen molar-refractivity contribution in [1.29, 1.82) is 0 Å². The molecule has 0 saturated carbocycles. The number of hydrogen-bond donors (Lipinski definition) is 1. The minimum Gasteiger partial charge on any atom is -0.392 e. The first-order chi connectivity index (χ1) is 9.29. The summed E-state index contributed by atoms with van der Waals surface area (Å²) >= 11 is 6.35. The quantitative estimate of drug-likeness (QED) is 0.902. The van der Waals surface area contributed by atoms with Gasteiger partial charge < -0.3 is 10.0 Å². The number of fused-ring (bicyclic) bond motifs is 1. The predicted molar refractivity (Wildman–Crippen MR) is 78.8 cm³/mol. The fourth-order valence-corrected chi connectivity index (χ4v) is 3.71. The van der Waals surface area contributed by atoms with Gasteiger partial charge >= 0.3 is 0 Å². The van der Waals surface area contributed by atoms with Gasteiger partial charge in [-0.15, -0.1) is 0 Å². The van der Waals surface area contributed by atoms with Gasteiger partial charge in [0.1, 0.15) is 0 Å². The Kier molecular flexibility index (Phi) is 3.96. The summed E-state index contributed by atoms with van der Waals surface area (Å²) in [4.78, 5) is 4.97. The average molecular weight is 281 g/mol. The summed E-state index contributed by atoms with van der Waals surface area (Å²) < 4.78 is 0. The van der Waals surface area contributed by atoms with E-state index in [0.717, 1.165) is 35.9 Å². The van der Waals surface area contributed by atoms with Crippen molar-refractivity contribution in [2.45, 2.75) is 31.9 Å². The largest absolute Gasteiger partial charge is 0.392 e. The minimum atomic E-state index is 0.0563. The second kappa shape index (κ2) is 5.70. The summed E-state index contributed by atoms with van der Waals surface area (Å²) in [6.45, 7) is 4.46. The fraction of sp³-hybridized carbons (Fsp3) is 0.600. The number of hydrogen-bond acceptors (Lipinski definition) is 3. The van der Waals surface area contributed by atoms with Crippen molar-refractivity contribution < 1.29 is 5.11 Å². The van der Waals surface area contributed by atoms with E-state index < -0.39 is 0 Å². The molecule has 1 aromatic rings. The lowest BCUT2D eigenvalue weighted by Gasteiger charge is -2.45. The third-order valence-electron chi connectivity index (χ3n) is 4.39. The molecule has 104 valence electrons. The van der Waals surface area contributed by atoms with Gasteiger partial charge in [0.15, 0.2) is 0 Å². The standard InChI is InChI=1S/C15H21ClN2O/c16-14-6-3-4-12(11-19)15(14)18-9-8-17-7-2-1-5-13(17)10-18/h3-4,6,13,19H,1-2,5,7-11H2. The van der Waals surface area contributed by atoms with Crippen LogP contribution in [0.5, 0.6) is 0 Å². The summed E-state index contributed by atoms with van der Waals surface area (Å²) in [5.74, 6) is 0. The summed E-state index contributed by atoms with van der Waals surface area (Å²) in [5.41, 5.74) is 1.98. The van der Waals surface area contributed by atoms with E-state index in [1.54, 1.807) is 0 Å². The van der Waals surface area contributed by atoms with Crippen LogP contribution in [0.3, 0.4) is 0 Å². The Hall–Kier alpha value is -0.770. The number of para-hydroxylation sites is 1. The molecule has 0 bridgehead atoms. The first-order valence-corrected chi connectivity index (χ1v) is 7.54. The molecule has 2 aliphatic heterocycles. The topological polar surface area (TPSA) is 26.7 Å². The van der Waals surface area contributed by atoms with Crippen LogP contribution < -0.4 is 4.90 Å². The Morgan fingerprint density at radius 1 is 1.21 bits per heavy atom. The van der Waals surface area contributed by atoms with Crippen molar-refractivity contribution in [1.82, 2.24) is 4.90 Å². The molecule has 0 radical (unpaired) electrons. The minimum absolute atomic E-state index is 0.0563. The highest BCUT2D eigenvalue weighted by Gasteiger charge is 2.30. The maximum absolute atomic E-state index is 9.51. The van der Waals surface area contributed by atoms with E-state index in [2.05, 4.69) is 9.80 Å². The number of aliphatic hydroxyl groups is 1. The van der Waals surface area contributed by atoms with Gasteiger partial charge in [-0.1, -0.05) is 30.2 Å². The number of aliphatic hydroxyl groups excluding tert-OH is 1. The van der Waals surface area contributed by atoms with Crippen LogP contribution in [0.2, 0.25) is 5.02 Å². The Morgan fingerprint density at radius 2 is 2.11 bits per heavy atom. The van der Waals surface area contributed by atoms with Crippen molar-refractivity contribution in [3.8, 4) is 0 Å². The van der Waals surface area contributed by atoms with E-state index in [0.29, 0.717) is 6.04 Å². The molecule has 19 heavy (non-hydrogen) atoms. The number of piperidine rings is 1. The molecule has 0 aliphatic carbocycles. The third-order valence-corrected chi connectivity index (χ3v) is 4.70. The van der Waals surface area contributed by atoms with Gasteiger partial charge in [-0.3, -0.25) is 4.90 Å². The Morgan fingerprint density at radius 3 is 2.95 bits per heavy atom. The van der Waals surface area contributed by atoms with Crippen molar-refractivity contribution in [3.63, 3.8) is 0 Å². The van der Waals surface area contributed by atoms with E-state index in [4.69, 9.17) is 11.6 Å². The van der Waals surface area contributed by atoms with Crippen LogP contribution in [0.1, 0.15) is 24.8 Å². The number of halogens is 1. The molecular formula is C15H21ClN2O. The molecule has 1 aromatic carbocycles. The fourth-order valence-electron chi connectivity index (χ4n) is 3.40. The Labute approximate surface area is 119 Å². The van der Waals surface area contributed by atoms with Crippen LogP contribution in [0.15, 0.2) is 18.2 Å². The molecule has 0 aromatic heterocycles. The molecule has 2 aliphatic rings. The summed E-state index contributed by atoms with van der Waals surface area (Å²) in [6.07, 6.45) is 3.96.